The van der Waals surface area contributed by atoms with Gasteiger partial charge < -0.3 is 0 Å². The first-order chi connectivity index (χ1) is 8.20. The highest BCUT2D eigenvalue weighted by Crippen LogP contribution is 2.23. The second-order valence-corrected chi connectivity index (χ2v) is 6.19. The van der Waals surface area contributed by atoms with Crippen molar-refractivity contribution in [3.8, 4) is 0 Å². The molecule has 0 spiro atoms. The molecule has 3 heteroatoms. The normalized spacial score (nSPS) is 10.5. The highest BCUT2D eigenvalue weighted by Gasteiger charge is 2.07. The van der Waals surface area contributed by atoms with E-state index in [4.69, 9.17) is 0 Å². The van der Waals surface area contributed by atoms with Gasteiger partial charge in [0.1, 0.15) is 0 Å². The van der Waals surface area contributed by atoms with Crippen LogP contribution in [0.4, 0.5) is 0 Å². The molecule has 0 aliphatic carbocycles. The van der Waals surface area contributed by atoms with Crippen molar-refractivity contribution in [3.05, 3.63) is 62.6 Å². The summed E-state index contributed by atoms with van der Waals surface area (Å²) in [6.45, 7) is 2.03. The molecule has 0 fully saturated rings. The summed E-state index contributed by atoms with van der Waals surface area (Å²) in [5, 5.41) is 0. The molecule has 0 aliphatic heterocycles. The summed E-state index contributed by atoms with van der Waals surface area (Å²) in [5.74, 6) is 0. The SMILES string of the molecule is CSc1cc(=O)c(Cc2ccccc2)c(C)s1. The molecule has 17 heavy (non-hydrogen) atoms. The minimum atomic E-state index is 0.162. The lowest BCUT2D eigenvalue weighted by molar-refractivity contribution is 1.15. The summed E-state index contributed by atoms with van der Waals surface area (Å²) in [5.41, 5.74) is 2.28. The van der Waals surface area contributed by atoms with Crippen LogP contribution >= 0.6 is 23.1 Å². The maximum absolute atomic E-state index is 12.0. The van der Waals surface area contributed by atoms with Crippen LogP contribution in [-0.2, 0) is 6.42 Å². The van der Waals surface area contributed by atoms with Crippen LogP contribution in [-0.4, -0.2) is 6.26 Å². The first-order valence-corrected chi connectivity index (χ1v) is 7.46. The maximum atomic E-state index is 12.0. The number of thioether (sulfide) groups is 1. The summed E-state index contributed by atoms with van der Waals surface area (Å²) in [4.78, 5) is 13.1. The van der Waals surface area contributed by atoms with Gasteiger partial charge >= 0.3 is 0 Å². The zero-order valence-corrected chi connectivity index (χ0v) is 11.5. The maximum Gasteiger partial charge on any atom is 0.185 e. The molecule has 88 valence electrons. The Morgan fingerprint density at radius 3 is 2.53 bits per heavy atom. The van der Waals surface area contributed by atoms with Crippen molar-refractivity contribution in [2.45, 2.75) is 17.6 Å². The van der Waals surface area contributed by atoms with Gasteiger partial charge in [0.15, 0.2) is 5.43 Å². The molecule has 1 aromatic heterocycles. The summed E-state index contributed by atoms with van der Waals surface area (Å²) in [6, 6.07) is 11.9. The molecule has 0 atom stereocenters. The minimum absolute atomic E-state index is 0.162. The van der Waals surface area contributed by atoms with Crippen LogP contribution in [0.2, 0.25) is 0 Å². The third-order valence-corrected chi connectivity index (χ3v) is 4.79. The average molecular weight is 262 g/mol. The third kappa shape index (κ3) is 2.99. The van der Waals surface area contributed by atoms with Crippen LogP contribution in [0, 0.1) is 6.92 Å². The first kappa shape index (κ1) is 12.4. The van der Waals surface area contributed by atoms with E-state index in [2.05, 4.69) is 12.1 Å². The molecule has 0 unspecified atom stereocenters. The van der Waals surface area contributed by atoms with Crippen molar-refractivity contribution < 1.29 is 0 Å². The van der Waals surface area contributed by atoms with E-state index in [0.29, 0.717) is 0 Å². The standard InChI is InChI=1S/C14H14OS2/c1-10-12(8-11-6-4-3-5-7-11)13(15)9-14(16-2)17-10/h3-7,9H,8H2,1-2H3. The quantitative estimate of drug-likeness (QED) is 0.784. The Balaban J connectivity index is 2.37. The van der Waals surface area contributed by atoms with Crippen molar-refractivity contribution in [2.24, 2.45) is 0 Å². The Hall–Kier alpha value is -1.06. The first-order valence-electron chi connectivity index (χ1n) is 5.42. The lowest BCUT2D eigenvalue weighted by Crippen LogP contribution is -2.09. The van der Waals surface area contributed by atoms with E-state index in [0.717, 1.165) is 21.1 Å². The number of hydrogen-bond acceptors (Lipinski definition) is 3. The Kier molecular flexibility index (Phi) is 4.02. The monoisotopic (exact) mass is 262 g/mol. The number of aryl methyl sites for hydroxylation is 1. The van der Waals surface area contributed by atoms with E-state index in [1.807, 2.05) is 31.4 Å². The lowest BCUT2D eigenvalue weighted by atomic mass is 10.1. The Bertz CT molecular complexity index is 558. The smallest absolute Gasteiger partial charge is 0.185 e. The zero-order chi connectivity index (χ0) is 12.3. The fourth-order valence-electron chi connectivity index (χ4n) is 1.72. The molecule has 0 bridgehead atoms. The minimum Gasteiger partial charge on any atom is -0.290 e. The predicted molar refractivity (Wildman–Crippen MR) is 76.4 cm³/mol. The van der Waals surface area contributed by atoms with Gasteiger partial charge in [-0.1, -0.05) is 30.3 Å². The predicted octanol–water partition coefficient (Wildman–Crippen LogP) is 3.73. The van der Waals surface area contributed by atoms with Gasteiger partial charge in [0.25, 0.3) is 0 Å². The molecule has 0 radical (unpaired) electrons. The van der Waals surface area contributed by atoms with Crippen molar-refractivity contribution in [1.29, 1.82) is 0 Å². The molecule has 1 heterocycles. The number of hydrogen-bond donors (Lipinski definition) is 0. The van der Waals surface area contributed by atoms with E-state index >= 15 is 0 Å². The fourth-order valence-corrected chi connectivity index (χ4v) is 3.42. The van der Waals surface area contributed by atoms with Crippen molar-refractivity contribution in [1.82, 2.24) is 0 Å². The molecular formula is C14H14OS2. The lowest BCUT2D eigenvalue weighted by Gasteiger charge is -2.05. The fraction of sp³-hybridized carbons (Fsp3) is 0.214. The molecule has 2 aromatic rings. The van der Waals surface area contributed by atoms with Crippen LogP contribution in [0.25, 0.3) is 0 Å². The highest BCUT2D eigenvalue weighted by atomic mass is 32.2. The molecule has 0 N–H and O–H groups in total. The molecular weight excluding hydrogens is 248 g/mol. The van der Waals surface area contributed by atoms with E-state index in [9.17, 15) is 4.79 Å². The number of benzene rings is 1. The molecule has 0 amide bonds. The molecule has 2 rings (SSSR count). The average Bonchev–Trinajstić information content (AvgIpc) is 2.35. The number of rotatable bonds is 3. The molecule has 0 saturated heterocycles. The Morgan fingerprint density at radius 2 is 1.94 bits per heavy atom. The van der Waals surface area contributed by atoms with Crippen LogP contribution in [0.1, 0.15) is 16.0 Å². The van der Waals surface area contributed by atoms with Gasteiger partial charge in [-0.2, -0.15) is 0 Å². The van der Waals surface area contributed by atoms with Crippen LogP contribution in [0.15, 0.2) is 45.4 Å². The summed E-state index contributed by atoms with van der Waals surface area (Å²) in [6.07, 6.45) is 2.73. The van der Waals surface area contributed by atoms with Gasteiger partial charge in [-0.3, -0.25) is 4.79 Å². The van der Waals surface area contributed by atoms with Crippen molar-refractivity contribution in [2.75, 3.05) is 6.26 Å². The van der Waals surface area contributed by atoms with Gasteiger partial charge in [-0.15, -0.1) is 23.1 Å². The van der Waals surface area contributed by atoms with Gasteiger partial charge in [-0.25, -0.2) is 0 Å². The van der Waals surface area contributed by atoms with E-state index in [1.54, 1.807) is 29.2 Å². The largest absolute Gasteiger partial charge is 0.290 e. The van der Waals surface area contributed by atoms with E-state index in [1.165, 1.54) is 5.56 Å². The summed E-state index contributed by atoms with van der Waals surface area (Å²) >= 11 is 3.33. The van der Waals surface area contributed by atoms with E-state index < -0.39 is 0 Å². The van der Waals surface area contributed by atoms with Crippen LogP contribution < -0.4 is 5.43 Å². The van der Waals surface area contributed by atoms with Crippen LogP contribution in [0.3, 0.4) is 0 Å². The van der Waals surface area contributed by atoms with Crippen molar-refractivity contribution in [3.63, 3.8) is 0 Å². The van der Waals surface area contributed by atoms with Crippen LogP contribution in [0.5, 0.6) is 0 Å². The zero-order valence-electron chi connectivity index (χ0n) is 9.90. The second-order valence-electron chi connectivity index (χ2n) is 3.83. The van der Waals surface area contributed by atoms with Gasteiger partial charge in [0.05, 0.1) is 4.21 Å². The van der Waals surface area contributed by atoms with Gasteiger partial charge in [-0.05, 0) is 18.7 Å². The molecule has 0 saturated carbocycles. The van der Waals surface area contributed by atoms with Gasteiger partial charge in [0.2, 0.25) is 0 Å². The molecule has 1 aromatic carbocycles. The Morgan fingerprint density at radius 1 is 1.24 bits per heavy atom. The van der Waals surface area contributed by atoms with Gasteiger partial charge in [0, 0.05) is 22.9 Å². The van der Waals surface area contributed by atoms with Crippen molar-refractivity contribution >= 4 is 23.1 Å². The third-order valence-electron chi connectivity index (χ3n) is 2.65. The molecule has 0 aliphatic rings. The summed E-state index contributed by atoms with van der Waals surface area (Å²) < 4.78 is 1.09. The topological polar surface area (TPSA) is 17.1 Å². The highest BCUT2D eigenvalue weighted by molar-refractivity contribution is 8.00. The molecule has 1 nitrogen and oxygen atoms in total. The Labute approximate surface area is 110 Å². The second kappa shape index (κ2) is 5.52. The van der Waals surface area contributed by atoms with E-state index in [-0.39, 0.29) is 5.43 Å². The summed E-state index contributed by atoms with van der Waals surface area (Å²) in [7, 11) is 0.